The number of nitrogens with zero attached hydrogens (tertiary/aromatic N) is 1. The minimum atomic E-state index is -0.835. The standard InChI is InChI=1S/C29H32N4O3/c1-19(21-11-13-23(14-12-21)36-18-20-7-3-2-4-8-20)15-27(30)32-33-26(28(33)29(34)35)16-22-17-31-25-10-6-5-9-24(22)25/h2-14,17,19,26-28,31-32H,15-16,18,30H2,1H3,(H,34,35)/t19?,26-,27?,28-,33?/m0/s1. The second-order valence-corrected chi connectivity index (χ2v) is 9.54. The number of ether oxygens (including phenoxy) is 1. The first-order valence-corrected chi connectivity index (χ1v) is 12.3. The molecule has 186 valence electrons. The fourth-order valence-corrected chi connectivity index (χ4v) is 4.87. The molecule has 5 rings (SSSR count). The minimum absolute atomic E-state index is 0.135. The van der Waals surface area contributed by atoms with E-state index in [2.05, 4.69) is 35.5 Å². The monoisotopic (exact) mass is 484 g/mol. The van der Waals surface area contributed by atoms with Gasteiger partial charge in [0.25, 0.3) is 0 Å². The Morgan fingerprint density at radius 3 is 2.56 bits per heavy atom. The molecule has 7 nitrogen and oxygen atoms in total. The van der Waals surface area contributed by atoms with Crippen LogP contribution in [0.25, 0.3) is 10.9 Å². The predicted molar refractivity (Wildman–Crippen MR) is 140 cm³/mol. The Balaban J connectivity index is 1.14. The highest BCUT2D eigenvalue weighted by atomic mass is 16.5. The van der Waals surface area contributed by atoms with Crippen LogP contribution >= 0.6 is 0 Å². The van der Waals surface area contributed by atoms with Gasteiger partial charge in [0.05, 0.1) is 12.2 Å². The van der Waals surface area contributed by atoms with Crippen LogP contribution in [-0.2, 0) is 17.8 Å². The molecule has 0 aliphatic carbocycles. The van der Waals surface area contributed by atoms with Gasteiger partial charge in [0.1, 0.15) is 18.4 Å². The summed E-state index contributed by atoms with van der Waals surface area (Å²) in [5.74, 6) is 0.190. The fourth-order valence-electron chi connectivity index (χ4n) is 4.87. The van der Waals surface area contributed by atoms with E-state index < -0.39 is 12.0 Å². The van der Waals surface area contributed by atoms with Crippen LogP contribution in [0.3, 0.4) is 0 Å². The Kier molecular flexibility index (Phi) is 7.04. The Bertz CT molecular complexity index is 1310. The maximum atomic E-state index is 11.8. The first-order valence-electron chi connectivity index (χ1n) is 12.3. The van der Waals surface area contributed by atoms with Crippen molar-refractivity contribution in [2.75, 3.05) is 0 Å². The number of benzene rings is 3. The number of rotatable bonds is 11. The van der Waals surface area contributed by atoms with E-state index in [0.717, 1.165) is 33.3 Å². The van der Waals surface area contributed by atoms with Gasteiger partial charge in [-0.25, -0.2) is 10.4 Å². The van der Waals surface area contributed by atoms with E-state index in [-0.39, 0.29) is 18.1 Å². The number of aromatic nitrogens is 1. The van der Waals surface area contributed by atoms with Crippen molar-refractivity contribution in [2.45, 2.75) is 50.5 Å². The summed E-state index contributed by atoms with van der Waals surface area (Å²) in [5.41, 5.74) is 14.1. The van der Waals surface area contributed by atoms with E-state index >= 15 is 0 Å². The molecule has 5 N–H and O–H groups in total. The molecule has 2 heterocycles. The summed E-state index contributed by atoms with van der Waals surface area (Å²) >= 11 is 0. The minimum Gasteiger partial charge on any atom is -0.489 e. The van der Waals surface area contributed by atoms with E-state index in [1.807, 2.05) is 66.9 Å². The largest absolute Gasteiger partial charge is 0.489 e. The van der Waals surface area contributed by atoms with E-state index in [9.17, 15) is 9.90 Å². The van der Waals surface area contributed by atoms with Crippen molar-refractivity contribution in [2.24, 2.45) is 5.73 Å². The first-order chi connectivity index (χ1) is 17.5. The molecule has 1 aromatic heterocycles. The van der Waals surface area contributed by atoms with E-state index in [4.69, 9.17) is 10.5 Å². The number of carboxylic acids is 1. The normalized spacial score (nSPS) is 20.7. The summed E-state index contributed by atoms with van der Waals surface area (Å²) in [5, 5.41) is 12.6. The highest BCUT2D eigenvalue weighted by molar-refractivity contribution is 5.84. The molecular weight excluding hydrogens is 452 g/mol. The lowest BCUT2D eigenvalue weighted by Crippen LogP contribution is -2.43. The zero-order chi connectivity index (χ0) is 25.1. The lowest BCUT2D eigenvalue weighted by Gasteiger charge is -2.20. The molecule has 3 aromatic carbocycles. The Morgan fingerprint density at radius 1 is 1.08 bits per heavy atom. The number of fused-ring (bicyclic) bond motifs is 1. The number of carboxylic acid groups (broad SMARTS) is 1. The van der Waals surface area contributed by atoms with Crippen LogP contribution in [0.15, 0.2) is 85.1 Å². The van der Waals surface area contributed by atoms with Gasteiger partial charge in [-0.2, -0.15) is 0 Å². The van der Waals surface area contributed by atoms with Crippen molar-refractivity contribution < 1.29 is 14.6 Å². The van der Waals surface area contributed by atoms with Gasteiger partial charge in [-0.3, -0.25) is 4.79 Å². The maximum absolute atomic E-state index is 11.8. The van der Waals surface area contributed by atoms with Gasteiger partial charge < -0.3 is 20.6 Å². The molecule has 0 radical (unpaired) electrons. The van der Waals surface area contributed by atoms with Gasteiger partial charge in [0, 0.05) is 17.1 Å². The maximum Gasteiger partial charge on any atom is 0.324 e. The smallest absolute Gasteiger partial charge is 0.324 e. The summed E-state index contributed by atoms with van der Waals surface area (Å²) in [4.78, 5) is 15.1. The Labute approximate surface area is 210 Å². The number of carbonyl (C=O) groups is 1. The zero-order valence-corrected chi connectivity index (χ0v) is 20.3. The fraction of sp³-hybridized carbons (Fsp3) is 0.276. The zero-order valence-electron chi connectivity index (χ0n) is 20.3. The first kappa shape index (κ1) is 24.1. The summed E-state index contributed by atoms with van der Waals surface area (Å²) in [6.07, 6.45) is 2.92. The van der Waals surface area contributed by atoms with Crippen molar-refractivity contribution in [1.82, 2.24) is 15.4 Å². The van der Waals surface area contributed by atoms with Crippen molar-refractivity contribution >= 4 is 16.9 Å². The van der Waals surface area contributed by atoms with Crippen LogP contribution in [0.4, 0.5) is 0 Å². The number of aromatic amines is 1. The second-order valence-electron chi connectivity index (χ2n) is 9.54. The topological polar surface area (TPSA) is 103 Å². The summed E-state index contributed by atoms with van der Waals surface area (Å²) in [6, 6.07) is 25.5. The van der Waals surface area contributed by atoms with Crippen LogP contribution in [0.5, 0.6) is 5.75 Å². The van der Waals surface area contributed by atoms with E-state index in [1.54, 1.807) is 5.01 Å². The highest BCUT2D eigenvalue weighted by Gasteiger charge is 2.53. The quantitative estimate of drug-likeness (QED) is 0.186. The van der Waals surface area contributed by atoms with Gasteiger partial charge in [0.15, 0.2) is 0 Å². The van der Waals surface area contributed by atoms with Crippen LogP contribution < -0.4 is 15.9 Å². The predicted octanol–water partition coefficient (Wildman–Crippen LogP) is 4.41. The molecule has 0 amide bonds. The molecule has 1 saturated heterocycles. The van der Waals surface area contributed by atoms with Crippen LogP contribution in [0.1, 0.15) is 36.0 Å². The number of nitrogens with two attached hydrogens (primary N) is 1. The van der Waals surface area contributed by atoms with Gasteiger partial charge in [-0.05, 0) is 53.6 Å². The number of hydrogen-bond acceptors (Lipinski definition) is 5. The molecule has 0 saturated carbocycles. The Hall–Kier alpha value is -3.65. The third-order valence-electron chi connectivity index (χ3n) is 6.91. The molecule has 4 aromatic rings. The van der Waals surface area contributed by atoms with E-state index in [1.165, 1.54) is 0 Å². The summed E-state index contributed by atoms with van der Waals surface area (Å²) in [7, 11) is 0. The summed E-state index contributed by atoms with van der Waals surface area (Å²) < 4.78 is 5.88. The van der Waals surface area contributed by atoms with Gasteiger partial charge in [0.2, 0.25) is 0 Å². The molecule has 5 atom stereocenters. The third kappa shape index (κ3) is 5.44. The second kappa shape index (κ2) is 10.5. The van der Waals surface area contributed by atoms with Crippen molar-refractivity contribution in [3.63, 3.8) is 0 Å². The van der Waals surface area contributed by atoms with Gasteiger partial charge in [-0.1, -0.05) is 67.6 Å². The average molecular weight is 485 g/mol. The average Bonchev–Trinajstić information content (AvgIpc) is 3.40. The lowest BCUT2D eigenvalue weighted by atomic mass is 9.96. The van der Waals surface area contributed by atoms with E-state index in [0.29, 0.717) is 19.4 Å². The third-order valence-corrected chi connectivity index (χ3v) is 6.91. The van der Waals surface area contributed by atoms with Gasteiger partial charge in [-0.15, -0.1) is 0 Å². The van der Waals surface area contributed by atoms with Crippen molar-refractivity contribution in [1.29, 1.82) is 0 Å². The van der Waals surface area contributed by atoms with Crippen LogP contribution in [0.2, 0.25) is 0 Å². The molecule has 1 fully saturated rings. The molecular formula is C29H32N4O3. The van der Waals surface area contributed by atoms with Crippen molar-refractivity contribution in [3.8, 4) is 5.75 Å². The van der Waals surface area contributed by atoms with Crippen LogP contribution in [0, 0.1) is 0 Å². The molecule has 36 heavy (non-hydrogen) atoms. The molecule has 3 unspecified atom stereocenters. The number of H-pyrrole nitrogens is 1. The van der Waals surface area contributed by atoms with Gasteiger partial charge >= 0.3 is 5.97 Å². The molecule has 1 aliphatic heterocycles. The molecule has 0 spiro atoms. The molecule has 7 heteroatoms. The van der Waals surface area contributed by atoms with Crippen molar-refractivity contribution in [3.05, 3.63) is 102 Å². The number of hydrazine groups is 1. The molecule has 1 aliphatic rings. The lowest BCUT2D eigenvalue weighted by molar-refractivity contribution is -0.137. The highest BCUT2D eigenvalue weighted by Crippen LogP contribution is 2.32. The SMILES string of the molecule is CC(CC(N)NN1[C@H](C(=O)O)[C@@H]1Cc1c[nH]c2ccccc12)c1ccc(OCc2ccccc2)cc1. The number of para-hydroxylation sites is 1. The Morgan fingerprint density at radius 2 is 1.81 bits per heavy atom. The molecule has 0 bridgehead atoms. The number of nitrogens with one attached hydrogen (secondary N) is 2. The number of hydrogen-bond donors (Lipinski definition) is 4. The van der Waals surface area contributed by atoms with Crippen LogP contribution in [-0.4, -0.2) is 39.3 Å². The number of aliphatic carboxylic acids is 1. The summed E-state index contributed by atoms with van der Waals surface area (Å²) in [6.45, 7) is 2.66.